The molecule has 1 unspecified atom stereocenters. The second-order valence-corrected chi connectivity index (χ2v) is 6.46. The summed E-state index contributed by atoms with van der Waals surface area (Å²) >= 11 is 5.84. The minimum atomic E-state index is 0.799. The third kappa shape index (κ3) is 3.46. The van der Waals surface area contributed by atoms with Crippen LogP contribution in [0.15, 0.2) is 10.9 Å². The van der Waals surface area contributed by atoms with E-state index in [9.17, 15) is 0 Å². The Morgan fingerprint density at radius 3 is 3.21 bits per heavy atom. The molecule has 0 radical (unpaired) electrons. The maximum Gasteiger partial charge on any atom is 0.0795 e. The van der Waals surface area contributed by atoms with E-state index in [1.807, 2.05) is 5.51 Å². The molecule has 2 rings (SSSR count). The fourth-order valence-electron chi connectivity index (χ4n) is 1.34. The monoisotopic (exact) mass is 246 g/mol. The lowest BCUT2D eigenvalue weighted by Gasteiger charge is -2.20. The molecule has 0 saturated carbocycles. The van der Waals surface area contributed by atoms with Crippen molar-refractivity contribution in [2.24, 2.45) is 0 Å². The van der Waals surface area contributed by atoms with Crippen LogP contribution >= 0.6 is 34.9 Å². The summed E-state index contributed by atoms with van der Waals surface area (Å²) in [6, 6.07) is 0. The minimum absolute atomic E-state index is 0.799. The molecule has 1 atom stereocenters. The third-order valence-electron chi connectivity index (χ3n) is 2.05. The molecular formula is C9H14N2S3. The molecule has 14 heavy (non-hydrogen) atoms. The fourth-order valence-corrected chi connectivity index (χ4v) is 4.55. The van der Waals surface area contributed by atoms with Gasteiger partial charge in [-0.2, -0.15) is 23.5 Å². The van der Waals surface area contributed by atoms with Gasteiger partial charge >= 0.3 is 0 Å². The van der Waals surface area contributed by atoms with Crippen LogP contribution in [0.1, 0.15) is 5.69 Å². The van der Waals surface area contributed by atoms with Crippen LogP contribution in [0.5, 0.6) is 0 Å². The van der Waals surface area contributed by atoms with Crippen molar-refractivity contribution in [2.75, 3.05) is 23.8 Å². The Morgan fingerprint density at radius 2 is 2.50 bits per heavy atom. The van der Waals surface area contributed by atoms with Crippen LogP contribution < -0.4 is 5.32 Å². The zero-order valence-corrected chi connectivity index (χ0v) is 10.4. The van der Waals surface area contributed by atoms with Crippen molar-refractivity contribution in [2.45, 2.75) is 11.8 Å². The molecule has 2 heterocycles. The molecule has 0 aliphatic carbocycles. The summed E-state index contributed by atoms with van der Waals surface area (Å²) in [6.07, 6.45) is 0. The van der Waals surface area contributed by atoms with Gasteiger partial charge in [0.2, 0.25) is 0 Å². The van der Waals surface area contributed by atoms with Crippen LogP contribution in [-0.4, -0.2) is 34.0 Å². The molecule has 0 spiro atoms. The topological polar surface area (TPSA) is 24.9 Å². The van der Waals surface area contributed by atoms with Crippen LogP contribution in [0.25, 0.3) is 0 Å². The van der Waals surface area contributed by atoms with Gasteiger partial charge in [-0.05, 0) is 0 Å². The van der Waals surface area contributed by atoms with E-state index in [-0.39, 0.29) is 0 Å². The molecule has 1 aromatic rings. The van der Waals surface area contributed by atoms with E-state index in [4.69, 9.17) is 0 Å². The van der Waals surface area contributed by atoms with E-state index in [1.165, 1.54) is 23.0 Å². The molecule has 1 aliphatic rings. The van der Waals surface area contributed by atoms with Gasteiger partial charge in [-0.1, -0.05) is 0 Å². The molecule has 78 valence electrons. The molecule has 1 aromatic heterocycles. The first-order chi connectivity index (χ1) is 6.95. The van der Waals surface area contributed by atoms with E-state index in [0.29, 0.717) is 0 Å². The standard InChI is InChI=1S/C9H14N2S3/c1-2-14-9(6-12-1)4-10-3-8-5-13-7-11-8/h5,7,9-10H,1-4,6H2. The number of hydrogen-bond acceptors (Lipinski definition) is 5. The van der Waals surface area contributed by atoms with Crippen LogP contribution in [0, 0.1) is 0 Å². The summed E-state index contributed by atoms with van der Waals surface area (Å²) in [5.41, 5.74) is 3.06. The molecule has 5 heteroatoms. The number of nitrogens with zero attached hydrogens (tertiary/aromatic N) is 1. The van der Waals surface area contributed by atoms with Crippen molar-refractivity contribution in [3.8, 4) is 0 Å². The zero-order chi connectivity index (χ0) is 9.64. The molecule has 0 aromatic carbocycles. The largest absolute Gasteiger partial charge is 0.310 e. The Morgan fingerprint density at radius 1 is 1.50 bits per heavy atom. The van der Waals surface area contributed by atoms with E-state index < -0.39 is 0 Å². The highest BCUT2D eigenvalue weighted by atomic mass is 32.2. The molecule has 2 nitrogen and oxygen atoms in total. The predicted molar refractivity (Wildman–Crippen MR) is 67.4 cm³/mol. The number of thiazole rings is 1. The van der Waals surface area contributed by atoms with Crippen molar-refractivity contribution in [1.29, 1.82) is 0 Å². The maximum atomic E-state index is 4.24. The molecule has 1 saturated heterocycles. The first kappa shape index (κ1) is 10.8. The Kier molecular flexibility index (Phi) is 4.63. The first-order valence-electron chi connectivity index (χ1n) is 4.72. The van der Waals surface area contributed by atoms with E-state index in [0.717, 1.165) is 18.3 Å². The van der Waals surface area contributed by atoms with Gasteiger partial charge in [-0.15, -0.1) is 11.3 Å². The Hall–Kier alpha value is 0.290. The smallest absolute Gasteiger partial charge is 0.0795 e. The van der Waals surface area contributed by atoms with E-state index in [2.05, 4.69) is 39.2 Å². The molecule has 1 N–H and O–H groups in total. The van der Waals surface area contributed by atoms with Gasteiger partial charge in [0.15, 0.2) is 0 Å². The third-order valence-corrected chi connectivity index (χ3v) is 5.53. The van der Waals surface area contributed by atoms with Crippen molar-refractivity contribution in [3.63, 3.8) is 0 Å². The Labute approximate surface area is 97.3 Å². The highest BCUT2D eigenvalue weighted by molar-refractivity contribution is 8.06. The molecule has 0 bridgehead atoms. The molecule has 1 fully saturated rings. The van der Waals surface area contributed by atoms with Crippen molar-refractivity contribution in [3.05, 3.63) is 16.6 Å². The summed E-state index contributed by atoms with van der Waals surface area (Å²) in [5.74, 6) is 3.94. The fraction of sp³-hybridized carbons (Fsp3) is 0.667. The average molecular weight is 246 g/mol. The summed E-state index contributed by atoms with van der Waals surface area (Å²) in [4.78, 5) is 4.24. The highest BCUT2D eigenvalue weighted by Gasteiger charge is 2.13. The summed E-state index contributed by atoms with van der Waals surface area (Å²) in [6.45, 7) is 2.04. The minimum Gasteiger partial charge on any atom is -0.310 e. The van der Waals surface area contributed by atoms with Crippen molar-refractivity contribution >= 4 is 34.9 Å². The normalized spacial score (nSPS) is 22.4. The quantitative estimate of drug-likeness (QED) is 0.879. The van der Waals surface area contributed by atoms with Crippen molar-refractivity contribution in [1.82, 2.24) is 10.3 Å². The number of hydrogen-bond donors (Lipinski definition) is 1. The SMILES string of the molecule is c1nc(CNCC2CSCCS2)cs1. The highest BCUT2D eigenvalue weighted by Crippen LogP contribution is 2.23. The predicted octanol–water partition coefficient (Wildman–Crippen LogP) is 2.08. The zero-order valence-electron chi connectivity index (χ0n) is 7.94. The van der Waals surface area contributed by atoms with Gasteiger partial charge in [-0.25, -0.2) is 4.98 Å². The molecule has 0 amide bonds. The van der Waals surface area contributed by atoms with Gasteiger partial charge in [0.25, 0.3) is 0 Å². The number of aromatic nitrogens is 1. The second-order valence-electron chi connectivity index (χ2n) is 3.18. The van der Waals surface area contributed by atoms with Crippen molar-refractivity contribution < 1.29 is 0 Å². The van der Waals surface area contributed by atoms with Gasteiger partial charge in [0.1, 0.15) is 0 Å². The first-order valence-corrected chi connectivity index (χ1v) is 7.87. The lowest BCUT2D eigenvalue weighted by molar-refractivity contribution is 0.677. The summed E-state index contributed by atoms with van der Waals surface area (Å²) in [7, 11) is 0. The van der Waals surface area contributed by atoms with Gasteiger partial charge in [0.05, 0.1) is 11.2 Å². The van der Waals surface area contributed by atoms with Gasteiger partial charge in [-0.3, -0.25) is 0 Å². The Bertz CT molecular complexity index is 245. The summed E-state index contributed by atoms with van der Waals surface area (Å²) < 4.78 is 0. The number of thioether (sulfide) groups is 2. The van der Waals surface area contributed by atoms with E-state index in [1.54, 1.807) is 11.3 Å². The van der Waals surface area contributed by atoms with E-state index >= 15 is 0 Å². The lowest BCUT2D eigenvalue weighted by Crippen LogP contribution is -2.28. The molecule has 1 aliphatic heterocycles. The van der Waals surface area contributed by atoms with Crippen LogP contribution in [0.4, 0.5) is 0 Å². The van der Waals surface area contributed by atoms with Gasteiger partial charge < -0.3 is 5.32 Å². The Balaban J connectivity index is 1.62. The van der Waals surface area contributed by atoms with Crippen LogP contribution in [0.2, 0.25) is 0 Å². The molecular weight excluding hydrogens is 232 g/mol. The number of rotatable bonds is 4. The maximum absolute atomic E-state index is 4.24. The van der Waals surface area contributed by atoms with Crippen LogP contribution in [-0.2, 0) is 6.54 Å². The van der Waals surface area contributed by atoms with Gasteiger partial charge in [0, 0.05) is 41.0 Å². The lowest BCUT2D eigenvalue weighted by atomic mass is 10.4. The second kappa shape index (κ2) is 6.00. The van der Waals surface area contributed by atoms with Crippen LogP contribution in [0.3, 0.4) is 0 Å². The average Bonchev–Trinajstić information content (AvgIpc) is 2.72. The number of nitrogens with one attached hydrogen (secondary N) is 1. The summed E-state index contributed by atoms with van der Waals surface area (Å²) in [5, 5.41) is 6.37.